The van der Waals surface area contributed by atoms with E-state index in [-0.39, 0.29) is 24.1 Å². The van der Waals surface area contributed by atoms with Gasteiger partial charge in [0.1, 0.15) is 6.61 Å². The average Bonchev–Trinajstić information content (AvgIpc) is 3.25. The van der Waals surface area contributed by atoms with Crippen LogP contribution in [-0.2, 0) is 4.74 Å². The van der Waals surface area contributed by atoms with Crippen LogP contribution < -0.4 is 9.47 Å². The van der Waals surface area contributed by atoms with Crippen molar-refractivity contribution in [2.75, 3.05) is 20.3 Å². The minimum atomic E-state index is -0.183. The highest BCUT2D eigenvalue weighted by Gasteiger charge is 2.38. The fourth-order valence-corrected chi connectivity index (χ4v) is 6.29. The van der Waals surface area contributed by atoms with Crippen LogP contribution in [0.3, 0.4) is 0 Å². The Bertz CT molecular complexity index is 1270. The molecular formula is C32H33NO4. The van der Waals surface area contributed by atoms with E-state index in [0.29, 0.717) is 13.2 Å². The highest BCUT2D eigenvalue weighted by molar-refractivity contribution is 5.79. The Morgan fingerprint density at radius 1 is 0.892 bits per heavy atom. The molecule has 6 rings (SSSR count). The minimum Gasteiger partial charge on any atom is -0.493 e. The van der Waals surface area contributed by atoms with Crippen molar-refractivity contribution >= 4 is 6.09 Å². The molecule has 2 unspecified atom stereocenters. The Morgan fingerprint density at radius 3 is 2.27 bits per heavy atom. The van der Waals surface area contributed by atoms with Gasteiger partial charge in [-0.3, -0.25) is 4.90 Å². The summed E-state index contributed by atoms with van der Waals surface area (Å²) in [6.45, 7) is 0.961. The molecule has 0 aromatic heterocycles. The van der Waals surface area contributed by atoms with Crippen molar-refractivity contribution in [3.05, 3.63) is 95.6 Å². The number of rotatable bonds is 7. The van der Waals surface area contributed by atoms with Crippen LogP contribution in [0.25, 0.3) is 11.1 Å². The molecule has 5 nitrogen and oxygen atoms in total. The summed E-state index contributed by atoms with van der Waals surface area (Å²) in [4.78, 5) is 15.4. The van der Waals surface area contributed by atoms with Crippen molar-refractivity contribution < 1.29 is 19.0 Å². The zero-order valence-corrected chi connectivity index (χ0v) is 21.3. The number of methoxy groups -OCH3 is 1. The van der Waals surface area contributed by atoms with E-state index in [9.17, 15) is 4.79 Å². The topological polar surface area (TPSA) is 48.0 Å². The van der Waals surface area contributed by atoms with Crippen LogP contribution >= 0.6 is 0 Å². The van der Waals surface area contributed by atoms with E-state index in [1.54, 1.807) is 7.11 Å². The molecule has 5 heteroatoms. The maximum absolute atomic E-state index is 13.4. The molecule has 3 aliphatic rings. The van der Waals surface area contributed by atoms with Crippen LogP contribution in [0.1, 0.15) is 49.1 Å². The van der Waals surface area contributed by atoms with Crippen molar-refractivity contribution in [2.24, 2.45) is 0 Å². The third-order valence-corrected chi connectivity index (χ3v) is 8.01. The lowest BCUT2D eigenvalue weighted by molar-refractivity contribution is 0.0505. The second-order valence-electron chi connectivity index (χ2n) is 10.1. The molecule has 0 saturated carbocycles. The second kappa shape index (κ2) is 10.3. The standard InChI is InChI=1S/C32H33NO4/c1-35-30-15-6-7-16-31(30)36-18-17-22-19-23-9-8-10-24(20-22)33(23)32(34)37-21-29-27-13-4-2-11-25(27)26-12-3-5-14-28(26)29/h2-7,11-16,19,23-24,29H,8-10,17-18,20-21H2,1H3. The number of carbonyl (C=O) groups is 1. The van der Waals surface area contributed by atoms with Gasteiger partial charge >= 0.3 is 6.09 Å². The summed E-state index contributed by atoms with van der Waals surface area (Å²) in [5, 5.41) is 0. The highest BCUT2D eigenvalue weighted by atomic mass is 16.6. The van der Waals surface area contributed by atoms with Crippen molar-refractivity contribution in [3.63, 3.8) is 0 Å². The maximum atomic E-state index is 13.4. The number of hydrogen-bond donors (Lipinski definition) is 0. The normalized spacial score (nSPS) is 20.0. The molecule has 1 aliphatic carbocycles. The number of benzene rings is 3. The SMILES string of the molecule is COc1ccccc1OCCC1=CC2CCCC(C1)N2C(=O)OCC1c2ccccc2-c2ccccc21. The van der Waals surface area contributed by atoms with Crippen LogP contribution in [0, 0.1) is 0 Å². The van der Waals surface area contributed by atoms with Gasteiger partial charge in [-0.15, -0.1) is 0 Å². The monoisotopic (exact) mass is 495 g/mol. The Balaban J connectivity index is 1.10. The highest BCUT2D eigenvalue weighted by Crippen LogP contribution is 2.45. The van der Waals surface area contributed by atoms with Gasteiger partial charge in [-0.2, -0.15) is 0 Å². The molecule has 2 bridgehead atoms. The Labute approximate surface area is 218 Å². The van der Waals surface area contributed by atoms with Crippen LogP contribution in [0.15, 0.2) is 84.4 Å². The quantitative estimate of drug-likeness (QED) is 0.332. The number of fused-ring (bicyclic) bond motifs is 5. The Hall–Kier alpha value is -3.73. The smallest absolute Gasteiger partial charge is 0.410 e. The molecule has 1 fully saturated rings. The van der Waals surface area contributed by atoms with Crippen molar-refractivity contribution in [2.45, 2.75) is 50.1 Å². The first-order valence-corrected chi connectivity index (χ1v) is 13.3. The summed E-state index contributed by atoms with van der Waals surface area (Å²) in [6.07, 6.45) is 6.98. The zero-order valence-electron chi connectivity index (χ0n) is 21.3. The minimum absolute atomic E-state index is 0.0826. The first-order valence-electron chi connectivity index (χ1n) is 13.3. The first kappa shape index (κ1) is 23.7. The first-order chi connectivity index (χ1) is 18.2. The van der Waals surface area contributed by atoms with E-state index in [1.807, 2.05) is 29.2 Å². The fourth-order valence-electron chi connectivity index (χ4n) is 6.29. The van der Waals surface area contributed by atoms with Crippen LogP contribution in [0.4, 0.5) is 4.79 Å². The predicted octanol–water partition coefficient (Wildman–Crippen LogP) is 6.97. The molecule has 0 radical (unpaired) electrons. The number of para-hydroxylation sites is 2. The molecule has 37 heavy (non-hydrogen) atoms. The van der Waals surface area contributed by atoms with Gasteiger partial charge in [-0.05, 0) is 60.1 Å². The lowest BCUT2D eigenvalue weighted by atomic mass is 9.84. The summed E-state index contributed by atoms with van der Waals surface area (Å²) in [5.74, 6) is 1.60. The molecule has 3 aromatic carbocycles. The average molecular weight is 496 g/mol. The van der Waals surface area contributed by atoms with Gasteiger partial charge in [0.2, 0.25) is 0 Å². The number of piperidine rings is 1. The molecular weight excluding hydrogens is 462 g/mol. The summed E-state index contributed by atoms with van der Waals surface area (Å²) in [6, 6.07) is 25.0. The van der Waals surface area contributed by atoms with E-state index < -0.39 is 0 Å². The van der Waals surface area contributed by atoms with E-state index in [1.165, 1.54) is 27.8 Å². The summed E-state index contributed by atoms with van der Waals surface area (Å²) in [5.41, 5.74) is 6.35. The molecule has 0 spiro atoms. The van der Waals surface area contributed by atoms with Crippen LogP contribution in [-0.4, -0.2) is 43.4 Å². The van der Waals surface area contributed by atoms with Crippen LogP contribution in [0.2, 0.25) is 0 Å². The predicted molar refractivity (Wildman–Crippen MR) is 144 cm³/mol. The molecule has 2 heterocycles. The van der Waals surface area contributed by atoms with Gasteiger partial charge in [-0.1, -0.05) is 72.3 Å². The number of amides is 1. The third-order valence-electron chi connectivity index (χ3n) is 8.01. The molecule has 0 N–H and O–H groups in total. The second-order valence-corrected chi connectivity index (χ2v) is 10.1. The zero-order chi connectivity index (χ0) is 25.2. The molecule has 1 amide bonds. The Morgan fingerprint density at radius 2 is 1.57 bits per heavy atom. The molecule has 2 aliphatic heterocycles. The van der Waals surface area contributed by atoms with Gasteiger partial charge in [0, 0.05) is 18.4 Å². The van der Waals surface area contributed by atoms with E-state index in [0.717, 1.165) is 43.6 Å². The molecule has 2 atom stereocenters. The van der Waals surface area contributed by atoms with E-state index in [4.69, 9.17) is 14.2 Å². The van der Waals surface area contributed by atoms with Crippen molar-refractivity contribution in [1.82, 2.24) is 4.90 Å². The Kier molecular flexibility index (Phi) is 6.60. The third kappa shape index (κ3) is 4.59. The summed E-state index contributed by atoms with van der Waals surface area (Å²) < 4.78 is 17.4. The lowest BCUT2D eigenvalue weighted by Crippen LogP contribution is -2.52. The summed E-state index contributed by atoms with van der Waals surface area (Å²) >= 11 is 0. The van der Waals surface area contributed by atoms with Crippen LogP contribution in [0.5, 0.6) is 11.5 Å². The number of ether oxygens (including phenoxy) is 3. The fraction of sp³-hybridized carbons (Fsp3) is 0.344. The molecule has 190 valence electrons. The lowest BCUT2D eigenvalue weighted by Gasteiger charge is -2.44. The van der Waals surface area contributed by atoms with Gasteiger partial charge in [0.25, 0.3) is 0 Å². The number of hydrogen-bond acceptors (Lipinski definition) is 4. The summed E-state index contributed by atoms with van der Waals surface area (Å²) in [7, 11) is 1.66. The molecule has 3 aromatic rings. The van der Waals surface area contributed by atoms with E-state index in [2.05, 4.69) is 54.6 Å². The number of nitrogens with zero attached hydrogens (tertiary/aromatic N) is 1. The molecule has 1 saturated heterocycles. The van der Waals surface area contributed by atoms with E-state index >= 15 is 0 Å². The van der Waals surface area contributed by atoms with Crippen molar-refractivity contribution in [3.8, 4) is 22.6 Å². The van der Waals surface area contributed by atoms with Gasteiger partial charge in [0.05, 0.1) is 19.8 Å². The maximum Gasteiger partial charge on any atom is 0.410 e. The van der Waals surface area contributed by atoms with Gasteiger partial charge < -0.3 is 14.2 Å². The number of carbonyl (C=O) groups excluding carboxylic acids is 1. The van der Waals surface area contributed by atoms with Gasteiger partial charge in [0.15, 0.2) is 11.5 Å². The largest absolute Gasteiger partial charge is 0.493 e. The van der Waals surface area contributed by atoms with Crippen molar-refractivity contribution in [1.29, 1.82) is 0 Å². The van der Waals surface area contributed by atoms with Gasteiger partial charge in [-0.25, -0.2) is 4.79 Å².